The minimum absolute atomic E-state index is 0.0733. The Balaban J connectivity index is 2.02. The molecule has 0 aromatic heterocycles. The molecule has 0 bridgehead atoms. The summed E-state index contributed by atoms with van der Waals surface area (Å²) in [6, 6.07) is 7.64. The number of nitrogens with one attached hydrogen (secondary N) is 2. The van der Waals surface area contributed by atoms with Crippen molar-refractivity contribution in [3.8, 4) is 0 Å². The molecule has 2 rings (SSSR count). The zero-order valence-corrected chi connectivity index (χ0v) is 10.3. The first-order valence-corrected chi connectivity index (χ1v) is 5.91. The van der Waals surface area contributed by atoms with E-state index in [1.807, 2.05) is 24.3 Å². The Labute approximate surface area is 102 Å². The van der Waals surface area contributed by atoms with E-state index in [1.54, 1.807) is 0 Å². The summed E-state index contributed by atoms with van der Waals surface area (Å²) in [5, 5.41) is 6.86. The molecule has 1 fully saturated rings. The summed E-state index contributed by atoms with van der Waals surface area (Å²) in [5.41, 5.74) is 4.31. The molecule has 0 radical (unpaired) electrons. The van der Waals surface area contributed by atoms with E-state index in [1.165, 1.54) is 0 Å². The Morgan fingerprint density at radius 2 is 2.06 bits per heavy atom. The van der Waals surface area contributed by atoms with Gasteiger partial charge >= 0.3 is 0 Å². The van der Waals surface area contributed by atoms with Crippen molar-refractivity contribution in [2.75, 3.05) is 12.0 Å². The zero-order valence-electron chi connectivity index (χ0n) is 8.66. The molecule has 2 N–H and O–H groups in total. The average molecular weight is 282 g/mol. The van der Waals surface area contributed by atoms with Gasteiger partial charge in [0, 0.05) is 11.0 Å². The molecule has 1 aromatic rings. The molecule has 1 aromatic carbocycles. The van der Waals surface area contributed by atoms with Gasteiger partial charge in [-0.3, -0.25) is 10.2 Å². The second-order valence-corrected chi connectivity index (χ2v) is 4.45. The lowest BCUT2D eigenvalue weighted by Gasteiger charge is -2.13. The van der Waals surface area contributed by atoms with Crippen molar-refractivity contribution in [1.82, 2.24) is 5.32 Å². The minimum Gasteiger partial charge on any atom is -0.351 e. The molecule has 1 saturated heterocycles. The van der Waals surface area contributed by atoms with Crippen LogP contribution in [0.4, 0.5) is 5.69 Å². The van der Waals surface area contributed by atoms with Crippen LogP contribution >= 0.6 is 15.9 Å². The van der Waals surface area contributed by atoms with Crippen LogP contribution in [0.15, 0.2) is 33.8 Å². The summed E-state index contributed by atoms with van der Waals surface area (Å²) in [6.07, 6.45) is 1.68. The number of anilines is 1. The van der Waals surface area contributed by atoms with Crippen molar-refractivity contribution >= 4 is 33.2 Å². The lowest BCUT2D eigenvalue weighted by atomic mass is 10.1. The van der Waals surface area contributed by atoms with Crippen molar-refractivity contribution in [3.63, 3.8) is 0 Å². The van der Waals surface area contributed by atoms with Crippen LogP contribution in [0.1, 0.15) is 12.8 Å². The Morgan fingerprint density at radius 1 is 1.31 bits per heavy atom. The highest BCUT2D eigenvalue weighted by Crippen LogP contribution is 2.14. The first kappa shape index (κ1) is 11.1. The maximum absolute atomic E-state index is 11.4. The molecule has 1 aliphatic heterocycles. The third-order valence-corrected chi connectivity index (χ3v) is 2.83. The molecule has 5 heteroatoms. The summed E-state index contributed by atoms with van der Waals surface area (Å²) in [6.45, 7) is 0.746. The molecule has 1 heterocycles. The molecule has 0 atom stereocenters. The minimum atomic E-state index is -0.0733. The molecule has 0 aliphatic carbocycles. The standard InChI is InChI=1S/C11H12BrN3O/c12-8-3-5-9(6-4-8)14-15-10-2-1-7-13-11(10)16/h3-6,14H,1-2,7H2,(H,13,16)/b15-10-. The van der Waals surface area contributed by atoms with Crippen molar-refractivity contribution in [2.24, 2.45) is 5.10 Å². The number of carbonyl (C=O) groups excluding carboxylic acids is 1. The second kappa shape index (κ2) is 5.12. The quantitative estimate of drug-likeness (QED) is 0.816. The van der Waals surface area contributed by atoms with E-state index < -0.39 is 0 Å². The van der Waals surface area contributed by atoms with E-state index in [-0.39, 0.29) is 5.91 Å². The third-order valence-electron chi connectivity index (χ3n) is 2.30. The fourth-order valence-electron chi connectivity index (χ4n) is 1.44. The zero-order chi connectivity index (χ0) is 11.4. The molecular formula is C11H12BrN3O. The molecule has 1 amide bonds. The van der Waals surface area contributed by atoms with E-state index in [0.29, 0.717) is 5.71 Å². The van der Waals surface area contributed by atoms with Gasteiger partial charge in [-0.05, 0) is 37.1 Å². The molecule has 4 nitrogen and oxygen atoms in total. The van der Waals surface area contributed by atoms with Crippen molar-refractivity contribution < 1.29 is 4.79 Å². The smallest absolute Gasteiger partial charge is 0.267 e. The lowest BCUT2D eigenvalue weighted by Crippen LogP contribution is -2.37. The number of piperidine rings is 1. The van der Waals surface area contributed by atoms with Crippen LogP contribution in [0, 0.1) is 0 Å². The van der Waals surface area contributed by atoms with E-state index in [2.05, 4.69) is 31.8 Å². The summed E-state index contributed by atoms with van der Waals surface area (Å²) in [5.74, 6) is -0.0733. The molecule has 0 unspecified atom stereocenters. The Morgan fingerprint density at radius 3 is 2.75 bits per heavy atom. The predicted molar refractivity (Wildman–Crippen MR) is 67.4 cm³/mol. The fraction of sp³-hybridized carbons (Fsp3) is 0.273. The van der Waals surface area contributed by atoms with Crippen molar-refractivity contribution in [2.45, 2.75) is 12.8 Å². The van der Waals surface area contributed by atoms with Gasteiger partial charge in [-0.25, -0.2) is 0 Å². The average Bonchev–Trinajstić information content (AvgIpc) is 2.30. The van der Waals surface area contributed by atoms with Crippen molar-refractivity contribution in [1.29, 1.82) is 0 Å². The Hall–Kier alpha value is -1.36. The predicted octanol–water partition coefficient (Wildman–Crippen LogP) is 2.13. The summed E-state index contributed by atoms with van der Waals surface area (Å²) >= 11 is 3.35. The molecule has 0 spiro atoms. The monoisotopic (exact) mass is 281 g/mol. The van der Waals surface area contributed by atoms with Crippen LogP contribution in [0.5, 0.6) is 0 Å². The molecule has 84 valence electrons. The van der Waals surface area contributed by atoms with Gasteiger partial charge in [0.15, 0.2) is 0 Å². The van der Waals surface area contributed by atoms with Gasteiger partial charge < -0.3 is 5.32 Å². The van der Waals surface area contributed by atoms with Gasteiger partial charge in [0.05, 0.1) is 5.69 Å². The Bertz CT molecular complexity index is 414. The number of hydrazone groups is 1. The maximum atomic E-state index is 11.4. The van der Waals surface area contributed by atoms with Crippen LogP contribution in [0.2, 0.25) is 0 Å². The molecule has 0 saturated carbocycles. The maximum Gasteiger partial charge on any atom is 0.267 e. The van der Waals surface area contributed by atoms with Gasteiger partial charge in [-0.15, -0.1) is 0 Å². The molecule has 16 heavy (non-hydrogen) atoms. The van der Waals surface area contributed by atoms with Gasteiger partial charge in [0.2, 0.25) is 0 Å². The Kier molecular flexibility index (Phi) is 3.56. The van der Waals surface area contributed by atoms with Crippen LogP contribution in [0.3, 0.4) is 0 Å². The number of rotatable bonds is 2. The summed E-state index contributed by atoms with van der Waals surface area (Å²) < 4.78 is 1.01. The van der Waals surface area contributed by atoms with E-state index in [9.17, 15) is 4.79 Å². The molecular weight excluding hydrogens is 270 g/mol. The number of benzene rings is 1. The topological polar surface area (TPSA) is 53.5 Å². The lowest BCUT2D eigenvalue weighted by molar-refractivity contribution is -0.115. The normalized spacial score (nSPS) is 18.3. The van der Waals surface area contributed by atoms with Gasteiger partial charge in [0.25, 0.3) is 5.91 Å². The number of nitrogens with zero attached hydrogens (tertiary/aromatic N) is 1. The highest BCUT2D eigenvalue weighted by molar-refractivity contribution is 9.10. The van der Waals surface area contributed by atoms with Gasteiger partial charge in [0.1, 0.15) is 5.71 Å². The van der Waals surface area contributed by atoms with E-state index in [4.69, 9.17) is 0 Å². The van der Waals surface area contributed by atoms with Gasteiger partial charge in [-0.1, -0.05) is 15.9 Å². The number of carbonyl (C=O) groups is 1. The van der Waals surface area contributed by atoms with E-state index in [0.717, 1.165) is 29.5 Å². The largest absolute Gasteiger partial charge is 0.351 e. The van der Waals surface area contributed by atoms with Crippen LogP contribution in [-0.4, -0.2) is 18.2 Å². The summed E-state index contributed by atoms with van der Waals surface area (Å²) in [7, 11) is 0. The summed E-state index contributed by atoms with van der Waals surface area (Å²) in [4.78, 5) is 11.4. The van der Waals surface area contributed by atoms with Crippen molar-refractivity contribution in [3.05, 3.63) is 28.7 Å². The highest BCUT2D eigenvalue weighted by atomic mass is 79.9. The van der Waals surface area contributed by atoms with Gasteiger partial charge in [-0.2, -0.15) is 5.10 Å². The number of hydrogen-bond acceptors (Lipinski definition) is 3. The third kappa shape index (κ3) is 2.82. The first-order valence-electron chi connectivity index (χ1n) is 5.12. The number of halogens is 1. The first-order chi connectivity index (χ1) is 7.75. The highest BCUT2D eigenvalue weighted by Gasteiger charge is 2.15. The van der Waals surface area contributed by atoms with E-state index >= 15 is 0 Å². The number of hydrogen-bond donors (Lipinski definition) is 2. The fourth-order valence-corrected chi connectivity index (χ4v) is 1.70. The number of amides is 1. The molecule has 1 aliphatic rings. The van der Waals surface area contributed by atoms with Crippen LogP contribution in [-0.2, 0) is 4.79 Å². The second-order valence-electron chi connectivity index (χ2n) is 3.54. The van der Waals surface area contributed by atoms with Crippen LogP contribution < -0.4 is 10.7 Å². The van der Waals surface area contributed by atoms with Crippen LogP contribution in [0.25, 0.3) is 0 Å². The SMILES string of the molecule is O=C1NCCC/C1=N/Nc1ccc(Br)cc1.